The molecule has 1 nitrogen and oxygen atoms in total. The van der Waals surface area contributed by atoms with Crippen molar-refractivity contribution in [2.45, 2.75) is 27.7 Å². The standard InChI is InChI=1S/C16H22O/c1-7-9-12(3)10-13(4)14(5)11-16(8-2)15(6)17/h7-11,17H,4,6H2,1-3,5H3/b9-7-,12-10-,14-11+,16-8+. The number of allylic oxidation sites excluding steroid dienone is 8. The molecule has 0 unspecified atom stereocenters. The first kappa shape index (κ1) is 15.2. The van der Waals surface area contributed by atoms with Crippen LogP contribution in [0.1, 0.15) is 27.7 Å². The predicted octanol–water partition coefficient (Wildman–Crippen LogP) is 5.03. The van der Waals surface area contributed by atoms with Gasteiger partial charge in [0.1, 0.15) is 5.76 Å². The van der Waals surface area contributed by atoms with Crippen LogP contribution < -0.4 is 0 Å². The molecule has 17 heavy (non-hydrogen) atoms. The monoisotopic (exact) mass is 230 g/mol. The van der Waals surface area contributed by atoms with Crippen LogP contribution in [0.4, 0.5) is 0 Å². The molecule has 0 aliphatic heterocycles. The fraction of sp³-hybridized carbons (Fsp3) is 0.250. The van der Waals surface area contributed by atoms with Crippen molar-refractivity contribution in [2.75, 3.05) is 0 Å². The zero-order chi connectivity index (χ0) is 13.4. The van der Waals surface area contributed by atoms with Gasteiger partial charge in [-0.3, -0.25) is 0 Å². The highest BCUT2D eigenvalue weighted by Crippen LogP contribution is 2.16. The van der Waals surface area contributed by atoms with E-state index in [-0.39, 0.29) is 5.76 Å². The van der Waals surface area contributed by atoms with Crippen LogP contribution in [0.3, 0.4) is 0 Å². The van der Waals surface area contributed by atoms with Crippen molar-refractivity contribution in [3.05, 3.63) is 71.6 Å². The second-order valence-electron chi connectivity index (χ2n) is 3.93. The van der Waals surface area contributed by atoms with Gasteiger partial charge in [0, 0.05) is 5.57 Å². The Morgan fingerprint density at radius 1 is 1.06 bits per heavy atom. The van der Waals surface area contributed by atoms with E-state index >= 15 is 0 Å². The average molecular weight is 230 g/mol. The molecule has 0 saturated carbocycles. The summed E-state index contributed by atoms with van der Waals surface area (Å²) in [5.74, 6) is 0.0776. The summed E-state index contributed by atoms with van der Waals surface area (Å²) in [5, 5.41) is 9.35. The van der Waals surface area contributed by atoms with Crippen LogP contribution >= 0.6 is 0 Å². The minimum absolute atomic E-state index is 0.0776. The van der Waals surface area contributed by atoms with Crippen molar-refractivity contribution >= 4 is 0 Å². The lowest BCUT2D eigenvalue weighted by atomic mass is 10.0. The Labute approximate surface area is 105 Å². The Morgan fingerprint density at radius 3 is 2.06 bits per heavy atom. The van der Waals surface area contributed by atoms with Crippen LogP contribution in [0.5, 0.6) is 0 Å². The first-order valence-electron chi connectivity index (χ1n) is 5.65. The molecule has 0 aromatic rings. The van der Waals surface area contributed by atoms with Gasteiger partial charge >= 0.3 is 0 Å². The molecule has 0 amide bonds. The fourth-order valence-corrected chi connectivity index (χ4v) is 1.36. The van der Waals surface area contributed by atoms with Crippen LogP contribution in [0.2, 0.25) is 0 Å². The molecule has 0 aromatic heterocycles. The Balaban J connectivity index is 5.01. The molecule has 0 radical (unpaired) electrons. The lowest BCUT2D eigenvalue weighted by Gasteiger charge is -2.04. The van der Waals surface area contributed by atoms with Gasteiger partial charge in [0.15, 0.2) is 0 Å². The van der Waals surface area contributed by atoms with E-state index in [9.17, 15) is 5.11 Å². The van der Waals surface area contributed by atoms with Crippen LogP contribution in [-0.4, -0.2) is 5.11 Å². The maximum absolute atomic E-state index is 9.35. The van der Waals surface area contributed by atoms with Crippen molar-refractivity contribution in [1.29, 1.82) is 0 Å². The number of hydrogen-bond acceptors (Lipinski definition) is 1. The Kier molecular flexibility index (Phi) is 6.73. The highest BCUT2D eigenvalue weighted by molar-refractivity contribution is 5.46. The minimum Gasteiger partial charge on any atom is -0.508 e. The van der Waals surface area contributed by atoms with Gasteiger partial charge in [-0.15, -0.1) is 0 Å². The number of hydrogen-bond donors (Lipinski definition) is 1. The normalized spacial score (nSPS) is 14.2. The van der Waals surface area contributed by atoms with E-state index in [1.54, 1.807) is 0 Å². The Morgan fingerprint density at radius 2 is 1.65 bits per heavy atom. The van der Waals surface area contributed by atoms with Crippen molar-refractivity contribution in [3.63, 3.8) is 0 Å². The molecule has 1 heteroatoms. The smallest absolute Gasteiger partial charge is 0.115 e. The van der Waals surface area contributed by atoms with Gasteiger partial charge in [-0.05, 0) is 44.9 Å². The number of aliphatic hydroxyl groups is 1. The molecule has 0 aliphatic carbocycles. The summed E-state index contributed by atoms with van der Waals surface area (Å²) >= 11 is 0. The van der Waals surface area contributed by atoms with E-state index in [0.29, 0.717) is 0 Å². The Bertz CT molecular complexity index is 415. The molecule has 0 atom stereocenters. The lowest BCUT2D eigenvalue weighted by molar-refractivity contribution is 0.429. The van der Waals surface area contributed by atoms with E-state index in [2.05, 4.69) is 13.2 Å². The highest BCUT2D eigenvalue weighted by Gasteiger charge is 1.99. The highest BCUT2D eigenvalue weighted by atomic mass is 16.3. The zero-order valence-electron chi connectivity index (χ0n) is 11.2. The van der Waals surface area contributed by atoms with Gasteiger partial charge in [0.2, 0.25) is 0 Å². The summed E-state index contributed by atoms with van der Waals surface area (Å²) in [6, 6.07) is 0. The molecule has 0 fully saturated rings. The van der Waals surface area contributed by atoms with Gasteiger partial charge in [-0.1, -0.05) is 43.0 Å². The largest absolute Gasteiger partial charge is 0.508 e. The molecule has 0 bridgehead atoms. The zero-order valence-corrected chi connectivity index (χ0v) is 11.2. The fourth-order valence-electron chi connectivity index (χ4n) is 1.36. The third kappa shape index (κ3) is 5.76. The van der Waals surface area contributed by atoms with Crippen LogP contribution in [0.25, 0.3) is 0 Å². The van der Waals surface area contributed by atoms with Crippen molar-refractivity contribution in [2.24, 2.45) is 0 Å². The molecule has 1 N–H and O–H groups in total. The van der Waals surface area contributed by atoms with Crippen molar-refractivity contribution in [1.82, 2.24) is 0 Å². The predicted molar refractivity (Wildman–Crippen MR) is 77.0 cm³/mol. The molecule has 92 valence electrons. The molecule has 0 rings (SSSR count). The quantitative estimate of drug-likeness (QED) is 0.519. The number of rotatable bonds is 5. The summed E-state index contributed by atoms with van der Waals surface area (Å²) in [7, 11) is 0. The van der Waals surface area contributed by atoms with E-state index in [1.807, 2.05) is 58.1 Å². The SMILES string of the molecule is C=C(/C=C(C)\C=C/C)/C(C)=C/C(=C\C)C(=C)O. The van der Waals surface area contributed by atoms with E-state index in [1.165, 1.54) is 0 Å². The van der Waals surface area contributed by atoms with Crippen molar-refractivity contribution < 1.29 is 5.11 Å². The number of aliphatic hydroxyl groups excluding tert-OH is 1. The molecule has 0 aliphatic rings. The summed E-state index contributed by atoms with van der Waals surface area (Å²) in [5.41, 5.74) is 3.81. The van der Waals surface area contributed by atoms with Gasteiger partial charge < -0.3 is 5.11 Å². The minimum atomic E-state index is 0.0776. The molecule has 0 aromatic carbocycles. The van der Waals surface area contributed by atoms with E-state index in [0.717, 1.165) is 22.3 Å². The first-order chi connectivity index (χ1) is 7.92. The Hall–Kier alpha value is -1.76. The maximum Gasteiger partial charge on any atom is 0.115 e. The maximum atomic E-state index is 9.35. The van der Waals surface area contributed by atoms with Gasteiger partial charge in [0.05, 0.1) is 0 Å². The van der Waals surface area contributed by atoms with Gasteiger partial charge in [-0.25, -0.2) is 0 Å². The summed E-state index contributed by atoms with van der Waals surface area (Å²) < 4.78 is 0. The molecular formula is C16H22O. The summed E-state index contributed by atoms with van der Waals surface area (Å²) in [4.78, 5) is 0. The third-order valence-electron chi connectivity index (χ3n) is 2.35. The van der Waals surface area contributed by atoms with Gasteiger partial charge in [-0.2, -0.15) is 0 Å². The average Bonchev–Trinajstić information content (AvgIpc) is 2.25. The topological polar surface area (TPSA) is 20.2 Å². The second kappa shape index (κ2) is 7.50. The van der Waals surface area contributed by atoms with Crippen molar-refractivity contribution in [3.8, 4) is 0 Å². The first-order valence-corrected chi connectivity index (χ1v) is 5.65. The molecule has 0 saturated heterocycles. The van der Waals surface area contributed by atoms with Gasteiger partial charge in [0.25, 0.3) is 0 Å². The van der Waals surface area contributed by atoms with Crippen LogP contribution in [0.15, 0.2) is 71.6 Å². The lowest BCUT2D eigenvalue weighted by Crippen LogP contribution is -1.87. The summed E-state index contributed by atoms with van der Waals surface area (Å²) in [6.45, 7) is 15.4. The third-order valence-corrected chi connectivity index (χ3v) is 2.35. The summed E-state index contributed by atoms with van der Waals surface area (Å²) in [6.07, 6.45) is 9.73. The van der Waals surface area contributed by atoms with Crippen LogP contribution in [-0.2, 0) is 0 Å². The van der Waals surface area contributed by atoms with E-state index in [4.69, 9.17) is 0 Å². The molecule has 0 heterocycles. The van der Waals surface area contributed by atoms with E-state index < -0.39 is 0 Å². The van der Waals surface area contributed by atoms with Crippen LogP contribution in [0, 0.1) is 0 Å². The molecular weight excluding hydrogens is 208 g/mol. The molecule has 0 spiro atoms. The second-order valence-corrected chi connectivity index (χ2v) is 3.93.